The summed E-state index contributed by atoms with van der Waals surface area (Å²) in [6.07, 6.45) is 0.963. The standard InChI is InChI=1S/C14H12BrFO2/c1-2-10-4-6-14(18-10)13(17)8-9-3-5-12(16)11(15)7-9/h3-7H,2,8H2,1H3. The molecule has 0 aliphatic rings. The molecule has 0 atom stereocenters. The van der Waals surface area contributed by atoms with E-state index in [1.807, 2.05) is 6.92 Å². The van der Waals surface area contributed by atoms with Gasteiger partial charge in [0.25, 0.3) is 0 Å². The number of hydrogen-bond acceptors (Lipinski definition) is 2. The summed E-state index contributed by atoms with van der Waals surface area (Å²) >= 11 is 3.10. The number of benzene rings is 1. The number of carbonyl (C=O) groups excluding carboxylic acids is 1. The Morgan fingerprint density at radius 2 is 2.11 bits per heavy atom. The Morgan fingerprint density at radius 3 is 2.72 bits per heavy atom. The fourth-order valence-electron chi connectivity index (χ4n) is 1.64. The third-order valence-electron chi connectivity index (χ3n) is 2.63. The molecule has 0 saturated heterocycles. The first-order chi connectivity index (χ1) is 8.60. The highest BCUT2D eigenvalue weighted by molar-refractivity contribution is 9.10. The van der Waals surface area contributed by atoms with Crippen LogP contribution in [0.25, 0.3) is 0 Å². The van der Waals surface area contributed by atoms with Crippen LogP contribution >= 0.6 is 15.9 Å². The van der Waals surface area contributed by atoms with E-state index in [2.05, 4.69) is 15.9 Å². The zero-order chi connectivity index (χ0) is 13.1. The lowest BCUT2D eigenvalue weighted by Gasteiger charge is -2.01. The highest BCUT2D eigenvalue weighted by Gasteiger charge is 2.12. The molecule has 4 heteroatoms. The Balaban J connectivity index is 2.13. The lowest BCUT2D eigenvalue weighted by atomic mass is 10.1. The second-order valence-electron chi connectivity index (χ2n) is 3.97. The summed E-state index contributed by atoms with van der Waals surface area (Å²) in [5.41, 5.74) is 0.753. The average Bonchev–Trinajstić information content (AvgIpc) is 2.82. The van der Waals surface area contributed by atoms with Crippen LogP contribution in [0.5, 0.6) is 0 Å². The molecule has 0 spiro atoms. The second kappa shape index (κ2) is 5.48. The predicted molar refractivity (Wildman–Crippen MR) is 70.2 cm³/mol. The van der Waals surface area contributed by atoms with E-state index in [0.29, 0.717) is 10.2 Å². The number of aryl methyl sites for hydroxylation is 1. The van der Waals surface area contributed by atoms with Gasteiger partial charge in [-0.05, 0) is 45.8 Å². The Labute approximate surface area is 113 Å². The molecule has 2 aromatic rings. The summed E-state index contributed by atoms with van der Waals surface area (Å²) in [4.78, 5) is 11.9. The van der Waals surface area contributed by atoms with Gasteiger partial charge in [0, 0.05) is 12.8 Å². The quantitative estimate of drug-likeness (QED) is 0.793. The molecule has 0 aliphatic heterocycles. The topological polar surface area (TPSA) is 30.2 Å². The van der Waals surface area contributed by atoms with Crippen LogP contribution in [-0.2, 0) is 12.8 Å². The molecule has 0 bridgehead atoms. The van der Waals surface area contributed by atoms with Crippen molar-refractivity contribution in [2.75, 3.05) is 0 Å². The van der Waals surface area contributed by atoms with Crippen LogP contribution in [0.15, 0.2) is 39.2 Å². The lowest BCUT2D eigenvalue weighted by molar-refractivity contribution is 0.0964. The van der Waals surface area contributed by atoms with Crippen molar-refractivity contribution in [3.05, 3.63) is 57.7 Å². The molecular weight excluding hydrogens is 299 g/mol. The van der Waals surface area contributed by atoms with E-state index in [1.54, 1.807) is 24.3 Å². The van der Waals surface area contributed by atoms with Gasteiger partial charge in [-0.25, -0.2) is 4.39 Å². The van der Waals surface area contributed by atoms with E-state index in [9.17, 15) is 9.18 Å². The molecule has 1 heterocycles. The van der Waals surface area contributed by atoms with Gasteiger partial charge in [0.1, 0.15) is 11.6 Å². The van der Waals surface area contributed by atoms with E-state index in [-0.39, 0.29) is 18.0 Å². The van der Waals surface area contributed by atoms with Gasteiger partial charge in [0.2, 0.25) is 5.78 Å². The highest BCUT2D eigenvalue weighted by atomic mass is 79.9. The molecule has 0 N–H and O–H groups in total. The molecule has 0 aliphatic carbocycles. The molecule has 94 valence electrons. The van der Waals surface area contributed by atoms with Gasteiger partial charge >= 0.3 is 0 Å². The van der Waals surface area contributed by atoms with Gasteiger partial charge in [-0.2, -0.15) is 0 Å². The molecule has 1 aromatic carbocycles. The summed E-state index contributed by atoms with van der Waals surface area (Å²) in [5.74, 6) is 0.705. The molecule has 2 nitrogen and oxygen atoms in total. The molecule has 0 unspecified atom stereocenters. The highest BCUT2D eigenvalue weighted by Crippen LogP contribution is 2.18. The van der Waals surface area contributed by atoms with Crippen molar-refractivity contribution in [3.63, 3.8) is 0 Å². The predicted octanol–water partition coefficient (Wildman–Crippen LogP) is 4.17. The Hall–Kier alpha value is -1.42. The van der Waals surface area contributed by atoms with Gasteiger partial charge in [0.05, 0.1) is 4.47 Å². The first-order valence-corrected chi connectivity index (χ1v) is 6.45. The maximum Gasteiger partial charge on any atom is 0.202 e. The summed E-state index contributed by atoms with van der Waals surface area (Å²) in [7, 11) is 0. The summed E-state index contributed by atoms with van der Waals surface area (Å²) < 4.78 is 18.8. The smallest absolute Gasteiger partial charge is 0.202 e. The van der Waals surface area contributed by atoms with E-state index in [1.165, 1.54) is 6.07 Å². The van der Waals surface area contributed by atoms with Crippen molar-refractivity contribution in [1.82, 2.24) is 0 Å². The molecule has 0 radical (unpaired) electrons. The van der Waals surface area contributed by atoms with Crippen LogP contribution in [0.4, 0.5) is 4.39 Å². The maximum atomic E-state index is 13.1. The van der Waals surface area contributed by atoms with Crippen molar-refractivity contribution in [2.24, 2.45) is 0 Å². The third kappa shape index (κ3) is 2.88. The van der Waals surface area contributed by atoms with Crippen LogP contribution in [0.3, 0.4) is 0 Å². The summed E-state index contributed by atoms with van der Waals surface area (Å²) in [6, 6.07) is 8.03. The van der Waals surface area contributed by atoms with Gasteiger partial charge in [0.15, 0.2) is 5.76 Å². The fraction of sp³-hybridized carbons (Fsp3) is 0.214. The molecule has 2 rings (SSSR count). The monoisotopic (exact) mass is 310 g/mol. The third-order valence-corrected chi connectivity index (χ3v) is 3.24. The number of rotatable bonds is 4. The summed E-state index contributed by atoms with van der Waals surface area (Å²) in [5, 5.41) is 0. The molecule has 0 fully saturated rings. The van der Waals surface area contributed by atoms with Crippen LogP contribution < -0.4 is 0 Å². The first-order valence-electron chi connectivity index (χ1n) is 5.66. The molecule has 0 amide bonds. The van der Waals surface area contributed by atoms with Crippen molar-refractivity contribution < 1.29 is 13.6 Å². The number of furan rings is 1. The first kappa shape index (κ1) is 13.0. The Bertz CT molecular complexity index is 575. The van der Waals surface area contributed by atoms with Crippen LogP contribution in [0.1, 0.15) is 28.8 Å². The fourth-order valence-corrected chi connectivity index (χ4v) is 2.07. The van der Waals surface area contributed by atoms with Crippen LogP contribution in [-0.4, -0.2) is 5.78 Å². The number of carbonyl (C=O) groups is 1. The largest absolute Gasteiger partial charge is 0.458 e. The van der Waals surface area contributed by atoms with Gasteiger partial charge in [-0.3, -0.25) is 4.79 Å². The van der Waals surface area contributed by atoms with Crippen molar-refractivity contribution in [3.8, 4) is 0 Å². The van der Waals surface area contributed by atoms with E-state index in [4.69, 9.17) is 4.42 Å². The molecular formula is C14H12BrFO2. The minimum Gasteiger partial charge on any atom is -0.458 e. The van der Waals surface area contributed by atoms with Crippen molar-refractivity contribution >= 4 is 21.7 Å². The minimum atomic E-state index is -0.336. The second-order valence-corrected chi connectivity index (χ2v) is 4.82. The molecule has 18 heavy (non-hydrogen) atoms. The Morgan fingerprint density at radius 1 is 1.33 bits per heavy atom. The van der Waals surface area contributed by atoms with E-state index in [0.717, 1.165) is 17.7 Å². The minimum absolute atomic E-state index is 0.104. The normalized spacial score (nSPS) is 10.6. The van der Waals surface area contributed by atoms with Crippen LogP contribution in [0, 0.1) is 5.82 Å². The zero-order valence-corrected chi connectivity index (χ0v) is 11.5. The van der Waals surface area contributed by atoms with Gasteiger partial charge < -0.3 is 4.42 Å². The van der Waals surface area contributed by atoms with Gasteiger partial charge in [-0.15, -0.1) is 0 Å². The van der Waals surface area contributed by atoms with Crippen LogP contribution in [0.2, 0.25) is 0 Å². The number of ketones is 1. The molecule has 0 saturated carbocycles. The molecule has 1 aromatic heterocycles. The number of Topliss-reactive ketones (excluding diaryl/α,β-unsaturated/α-hetero) is 1. The zero-order valence-electron chi connectivity index (χ0n) is 9.87. The summed E-state index contributed by atoms with van der Waals surface area (Å²) in [6.45, 7) is 1.96. The Kier molecular flexibility index (Phi) is 3.97. The average molecular weight is 311 g/mol. The maximum absolute atomic E-state index is 13.1. The van der Waals surface area contributed by atoms with E-state index < -0.39 is 0 Å². The SMILES string of the molecule is CCc1ccc(C(=O)Cc2ccc(F)c(Br)c2)o1. The lowest BCUT2D eigenvalue weighted by Crippen LogP contribution is -2.02. The van der Waals surface area contributed by atoms with Crippen molar-refractivity contribution in [1.29, 1.82) is 0 Å². The van der Waals surface area contributed by atoms with Gasteiger partial charge in [-0.1, -0.05) is 13.0 Å². The number of halogens is 2. The van der Waals surface area contributed by atoms with E-state index >= 15 is 0 Å². The van der Waals surface area contributed by atoms with Crippen molar-refractivity contribution in [2.45, 2.75) is 19.8 Å². The number of hydrogen-bond donors (Lipinski definition) is 0.